The third kappa shape index (κ3) is 2.42. The minimum Gasteiger partial charge on any atom is -0.198 e. The van der Waals surface area contributed by atoms with Crippen molar-refractivity contribution in [3.05, 3.63) is 64.4 Å². The van der Waals surface area contributed by atoms with Crippen LogP contribution in [0, 0.1) is 13.8 Å². The second-order valence-electron chi connectivity index (χ2n) is 4.06. The Morgan fingerprint density at radius 1 is 1.12 bits per heavy atom. The third-order valence-electron chi connectivity index (χ3n) is 2.71. The van der Waals surface area contributed by atoms with Crippen molar-refractivity contribution in [2.75, 3.05) is 0 Å². The van der Waals surface area contributed by atoms with Gasteiger partial charge in [-0.2, -0.15) is 4.57 Å². The summed E-state index contributed by atoms with van der Waals surface area (Å²) in [5.74, 6) is 0. The van der Waals surface area contributed by atoms with E-state index >= 15 is 0 Å². The zero-order valence-electron chi connectivity index (χ0n) is 9.57. The molecule has 0 radical (unpaired) electrons. The molecule has 16 heavy (non-hydrogen) atoms. The number of pyridine rings is 1. The zero-order chi connectivity index (χ0) is 11.5. The highest BCUT2D eigenvalue weighted by molar-refractivity contribution is 6.31. The zero-order valence-corrected chi connectivity index (χ0v) is 10.3. The van der Waals surface area contributed by atoms with Gasteiger partial charge in [-0.05, 0) is 18.6 Å². The van der Waals surface area contributed by atoms with E-state index in [0.717, 1.165) is 17.1 Å². The third-order valence-corrected chi connectivity index (χ3v) is 3.07. The van der Waals surface area contributed by atoms with Crippen LogP contribution in [0.3, 0.4) is 0 Å². The summed E-state index contributed by atoms with van der Waals surface area (Å²) < 4.78 is 2.20. The molecule has 82 valence electrons. The van der Waals surface area contributed by atoms with Gasteiger partial charge in [-0.1, -0.05) is 29.8 Å². The molecule has 0 aliphatic heterocycles. The van der Waals surface area contributed by atoms with Crippen molar-refractivity contribution in [2.24, 2.45) is 0 Å². The second-order valence-corrected chi connectivity index (χ2v) is 4.47. The Morgan fingerprint density at radius 3 is 2.56 bits per heavy atom. The number of rotatable bonds is 2. The van der Waals surface area contributed by atoms with Crippen LogP contribution < -0.4 is 4.57 Å². The van der Waals surface area contributed by atoms with Crippen molar-refractivity contribution in [1.82, 2.24) is 0 Å². The lowest BCUT2D eigenvalue weighted by molar-refractivity contribution is -0.694. The Kier molecular flexibility index (Phi) is 3.25. The molecule has 1 heterocycles. The van der Waals surface area contributed by atoms with Gasteiger partial charge in [0.15, 0.2) is 18.4 Å². The Morgan fingerprint density at radius 2 is 1.88 bits per heavy atom. The van der Waals surface area contributed by atoms with Crippen LogP contribution in [0.1, 0.15) is 16.8 Å². The van der Waals surface area contributed by atoms with E-state index < -0.39 is 0 Å². The lowest BCUT2D eigenvalue weighted by atomic mass is 10.2. The molecule has 1 aromatic heterocycles. The molecular formula is C14H15ClN+. The Labute approximate surface area is 101 Å². The Hall–Kier alpha value is -1.34. The predicted octanol–water partition coefficient (Wildman–Crippen LogP) is 3.29. The lowest BCUT2D eigenvalue weighted by Crippen LogP contribution is -2.37. The van der Waals surface area contributed by atoms with Crippen molar-refractivity contribution in [2.45, 2.75) is 20.4 Å². The first-order valence-corrected chi connectivity index (χ1v) is 5.75. The average Bonchev–Trinajstić information content (AvgIpc) is 2.25. The molecule has 0 bridgehead atoms. The summed E-state index contributed by atoms with van der Waals surface area (Å²) >= 11 is 6.14. The largest absolute Gasteiger partial charge is 0.198 e. The Balaban J connectivity index is 2.31. The highest BCUT2D eigenvalue weighted by atomic mass is 35.5. The predicted molar refractivity (Wildman–Crippen MR) is 66.7 cm³/mol. The molecule has 0 aliphatic rings. The fourth-order valence-corrected chi connectivity index (χ4v) is 1.97. The molecule has 2 rings (SSSR count). The van der Waals surface area contributed by atoms with Crippen LogP contribution in [0.2, 0.25) is 5.02 Å². The minimum atomic E-state index is 0.825. The summed E-state index contributed by atoms with van der Waals surface area (Å²) in [5, 5.41) is 0.829. The van der Waals surface area contributed by atoms with E-state index in [1.165, 1.54) is 11.3 Å². The van der Waals surface area contributed by atoms with E-state index in [9.17, 15) is 0 Å². The van der Waals surface area contributed by atoms with Crippen molar-refractivity contribution in [1.29, 1.82) is 0 Å². The van der Waals surface area contributed by atoms with Gasteiger partial charge < -0.3 is 0 Å². The standard InChI is InChI=1S/C14H15ClN/c1-11-7-8-16(12(2)9-11)10-13-5-3-4-6-14(13)15/h3-9H,10H2,1-2H3/q+1. The molecule has 0 aliphatic carbocycles. The van der Waals surface area contributed by atoms with Crippen molar-refractivity contribution in [3.8, 4) is 0 Å². The molecular weight excluding hydrogens is 218 g/mol. The molecule has 0 unspecified atom stereocenters. The summed E-state index contributed by atoms with van der Waals surface area (Å²) in [6, 6.07) is 12.3. The van der Waals surface area contributed by atoms with Crippen LogP contribution in [-0.4, -0.2) is 0 Å². The average molecular weight is 233 g/mol. The van der Waals surface area contributed by atoms with Crippen LogP contribution in [0.25, 0.3) is 0 Å². The van der Waals surface area contributed by atoms with Crippen LogP contribution in [-0.2, 0) is 6.54 Å². The van der Waals surface area contributed by atoms with Gasteiger partial charge in [-0.25, -0.2) is 0 Å². The SMILES string of the molecule is Cc1cc[n+](Cc2ccccc2Cl)c(C)c1. The number of aryl methyl sites for hydroxylation is 2. The molecule has 0 saturated heterocycles. The van der Waals surface area contributed by atoms with E-state index in [2.05, 4.69) is 42.8 Å². The van der Waals surface area contributed by atoms with Gasteiger partial charge in [-0.3, -0.25) is 0 Å². The summed E-state index contributed by atoms with van der Waals surface area (Å²) in [6.07, 6.45) is 2.11. The molecule has 0 fully saturated rings. The van der Waals surface area contributed by atoms with E-state index in [-0.39, 0.29) is 0 Å². The van der Waals surface area contributed by atoms with Gasteiger partial charge >= 0.3 is 0 Å². The first-order chi connectivity index (χ1) is 7.66. The van der Waals surface area contributed by atoms with E-state index in [0.29, 0.717) is 0 Å². The number of benzene rings is 1. The molecule has 0 spiro atoms. The van der Waals surface area contributed by atoms with Gasteiger partial charge in [-0.15, -0.1) is 0 Å². The summed E-state index contributed by atoms with van der Waals surface area (Å²) in [7, 11) is 0. The maximum atomic E-state index is 6.14. The van der Waals surface area contributed by atoms with Crippen LogP contribution in [0.15, 0.2) is 42.6 Å². The molecule has 2 aromatic rings. The lowest BCUT2D eigenvalue weighted by Gasteiger charge is -2.03. The van der Waals surface area contributed by atoms with E-state index in [1.54, 1.807) is 0 Å². The van der Waals surface area contributed by atoms with E-state index in [4.69, 9.17) is 11.6 Å². The van der Waals surface area contributed by atoms with Crippen molar-refractivity contribution < 1.29 is 4.57 Å². The summed E-state index contributed by atoms with van der Waals surface area (Å²) in [4.78, 5) is 0. The maximum absolute atomic E-state index is 6.14. The number of hydrogen-bond acceptors (Lipinski definition) is 0. The smallest absolute Gasteiger partial charge is 0.178 e. The molecule has 0 saturated carbocycles. The van der Waals surface area contributed by atoms with Gasteiger partial charge in [0.05, 0.1) is 5.02 Å². The highest BCUT2D eigenvalue weighted by Crippen LogP contribution is 2.14. The van der Waals surface area contributed by atoms with Gasteiger partial charge in [0, 0.05) is 24.6 Å². The van der Waals surface area contributed by atoms with Crippen LogP contribution in [0.5, 0.6) is 0 Å². The highest BCUT2D eigenvalue weighted by Gasteiger charge is 2.09. The minimum absolute atomic E-state index is 0.825. The first-order valence-electron chi connectivity index (χ1n) is 5.37. The fourth-order valence-electron chi connectivity index (χ4n) is 1.77. The van der Waals surface area contributed by atoms with Gasteiger partial charge in [0.1, 0.15) is 0 Å². The normalized spacial score (nSPS) is 10.4. The van der Waals surface area contributed by atoms with Crippen LogP contribution in [0.4, 0.5) is 0 Å². The van der Waals surface area contributed by atoms with Crippen molar-refractivity contribution >= 4 is 11.6 Å². The molecule has 1 nitrogen and oxygen atoms in total. The van der Waals surface area contributed by atoms with E-state index in [1.807, 2.05) is 18.2 Å². The van der Waals surface area contributed by atoms with Gasteiger partial charge in [0.2, 0.25) is 0 Å². The fraction of sp³-hybridized carbons (Fsp3) is 0.214. The quantitative estimate of drug-likeness (QED) is 0.700. The number of nitrogens with zero attached hydrogens (tertiary/aromatic N) is 1. The summed E-state index contributed by atoms with van der Waals surface area (Å²) in [6.45, 7) is 5.04. The molecule has 0 amide bonds. The monoisotopic (exact) mass is 232 g/mol. The van der Waals surface area contributed by atoms with Gasteiger partial charge in [0.25, 0.3) is 0 Å². The number of hydrogen-bond donors (Lipinski definition) is 0. The molecule has 0 atom stereocenters. The molecule has 1 aromatic carbocycles. The first kappa shape index (κ1) is 11.2. The Bertz CT molecular complexity index is 506. The number of aromatic nitrogens is 1. The van der Waals surface area contributed by atoms with Crippen LogP contribution >= 0.6 is 11.6 Å². The molecule has 2 heteroatoms. The maximum Gasteiger partial charge on any atom is 0.178 e. The topological polar surface area (TPSA) is 3.88 Å². The van der Waals surface area contributed by atoms with Crippen molar-refractivity contribution in [3.63, 3.8) is 0 Å². The molecule has 0 N–H and O–H groups in total. The number of halogens is 1. The second kappa shape index (κ2) is 4.67. The summed E-state index contributed by atoms with van der Waals surface area (Å²) in [5.41, 5.74) is 3.69.